The molecule has 1 aliphatic rings. The van der Waals surface area contributed by atoms with E-state index in [0.29, 0.717) is 52.2 Å². The third-order valence-electron chi connectivity index (χ3n) is 6.66. The molecular formula is C30H23Cl2N7O3. The number of hydrogen-bond acceptors (Lipinski definition) is 8. The molecule has 0 bridgehead atoms. The smallest absolute Gasteiger partial charge is 0.299 e. The Balaban J connectivity index is 0.976. The first-order chi connectivity index (χ1) is 20.4. The highest BCUT2D eigenvalue weighted by Gasteiger charge is 2.35. The van der Waals surface area contributed by atoms with Gasteiger partial charge in [0.25, 0.3) is 11.7 Å². The van der Waals surface area contributed by atoms with Crippen LogP contribution in [0.1, 0.15) is 28.0 Å². The second kappa shape index (κ2) is 12.0. The number of hydrazone groups is 1. The lowest BCUT2D eigenvalue weighted by molar-refractivity contribution is -0.114. The Bertz CT molecular complexity index is 1820. The van der Waals surface area contributed by atoms with Gasteiger partial charge in [-0.15, -0.1) is 5.10 Å². The highest BCUT2D eigenvalue weighted by atomic mass is 35.5. The molecule has 0 unspecified atom stereocenters. The summed E-state index contributed by atoms with van der Waals surface area (Å²) in [5, 5.41) is 14.6. The van der Waals surface area contributed by atoms with E-state index in [1.54, 1.807) is 35.4 Å². The number of aryl methyl sites for hydroxylation is 1. The Morgan fingerprint density at radius 2 is 1.76 bits per heavy atom. The number of rotatable bonds is 10. The normalized spacial score (nSPS) is 12.9. The average Bonchev–Trinajstić information content (AvgIpc) is 3.54. The predicted octanol–water partition coefficient (Wildman–Crippen LogP) is 5.78. The van der Waals surface area contributed by atoms with Crippen LogP contribution >= 0.6 is 23.2 Å². The van der Waals surface area contributed by atoms with Crippen LogP contribution in [0.5, 0.6) is 5.75 Å². The molecule has 1 amide bonds. The summed E-state index contributed by atoms with van der Waals surface area (Å²) in [7, 11) is 0. The van der Waals surface area contributed by atoms with Gasteiger partial charge in [0.15, 0.2) is 0 Å². The van der Waals surface area contributed by atoms with E-state index in [4.69, 9.17) is 27.9 Å². The van der Waals surface area contributed by atoms with Crippen LogP contribution in [0, 0.1) is 0 Å². The molecule has 3 heterocycles. The molecule has 3 aromatic carbocycles. The molecule has 210 valence electrons. The fraction of sp³-hybridized carbons (Fsp3) is 0.133. The monoisotopic (exact) mass is 599 g/mol. The van der Waals surface area contributed by atoms with Gasteiger partial charge < -0.3 is 9.64 Å². The number of hydrogen-bond donors (Lipinski definition) is 1. The molecule has 0 atom stereocenters. The largest absolute Gasteiger partial charge is 0.487 e. The average molecular weight is 600 g/mol. The molecule has 0 spiro atoms. The molecule has 0 fully saturated rings. The van der Waals surface area contributed by atoms with Gasteiger partial charge in [0.2, 0.25) is 0 Å². The Labute approximate surface area is 250 Å². The number of carbonyl (C=O) groups is 2. The SMILES string of the molecule is O=C1C(=O)N(CCCn2cc(COc3ccc(/C=N/Nc4ccnc5cc(Cl)ccc45)cc3)nn2)c2ccc(Cl)cc21. The lowest BCUT2D eigenvalue weighted by Crippen LogP contribution is -2.31. The Morgan fingerprint density at radius 1 is 0.952 bits per heavy atom. The molecule has 42 heavy (non-hydrogen) atoms. The third kappa shape index (κ3) is 5.95. The van der Waals surface area contributed by atoms with E-state index in [2.05, 4.69) is 25.8 Å². The number of Topliss-reactive ketones (excluding diaryl/α,β-unsaturated/α-hetero) is 1. The van der Waals surface area contributed by atoms with Crippen LogP contribution in [0.4, 0.5) is 11.4 Å². The number of fused-ring (bicyclic) bond motifs is 2. The van der Waals surface area contributed by atoms with Crippen LogP contribution in [-0.2, 0) is 17.9 Å². The van der Waals surface area contributed by atoms with Gasteiger partial charge in [0.05, 0.1) is 34.9 Å². The molecule has 1 aliphatic heterocycles. The lowest BCUT2D eigenvalue weighted by atomic mass is 10.1. The second-order valence-corrected chi connectivity index (χ2v) is 10.4. The predicted molar refractivity (Wildman–Crippen MR) is 162 cm³/mol. The summed E-state index contributed by atoms with van der Waals surface area (Å²) in [6.45, 7) is 1.16. The minimum absolute atomic E-state index is 0.251. The van der Waals surface area contributed by atoms with E-state index in [0.717, 1.165) is 22.2 Å². The molecule has 2 aromatic heterocycles. The van der Waals surface area contributed by atoms with Crippen molar-refractivity contribution in [2.24, 2.45) is 5.10 Å². The standard InChI is InChI=1S/C30H23Cl2N7O3/c31-20-5-9-28-25(14-20)29(40)30(41)39(28)13-1-12-38-17-22(35-37-38)18-42-23-6-2-19(3-7-23)16-34-36-26-10-11-33-27-15-21(32)4-8-24(26)27/h2-11,14-17H,1,12-13,18H2,(H,33,36)/b34-16+. The minimum Gasteiger partial charge on any atom is -0.487 e. The molecule has 0 aliphatic carbocycles. The van der Waals surface area contributed by atoms with Gasteiger partial charge in [-0.05, 0) is 78.7 Å². The van der Waals surface area contributed by atoms with Gasteiger partial charge in [0, 0.05) is 34.7 Å². The van der Waals surface area contributed by atoms with Crippen LogP contribution in [0.15, 0.2) is 84.2 Å². The zero-order chi connectivity index (χ0) is 29.1. The van der Waals surface area contributed by atoms with Crippen molar-refractivity contribution in [3.63, 3.8) is 0 Å². The maximum atomic E-state index is 12.4. The van der Waals surface area contributed by atoms with Crippen LogP contribution in [0.3, 0.4) is 0 Å². The third-order valence-corrected chi connectivity index (χ3v) is 7.13. The van der Waals surface area contributed by atoms with Gasteiger partial charge >= 0.3 is 0 Å². The maximum absolute atomic E-state index is 12.4. The molecule has 0 saturated carbocycles. The van der Waals surface area contributed by atoms with Crippen molar-refractivity contribution in [2.45, 2.75) is 19.6 Å². The molecule has 1 N–H and O–H groups in total. The summed E-state index contributed by atoms with van der Waals surface area (Å²) in [5.74, 6) is -0.390. The number of halogens is 2. The number of ketones is 1. The number of pyridine rings is 1. The van der Waals surface area contributed by atoms with Crippen LogP contribution in [-0.4, -0.2) is 44.4 Å². The Morgan fingerprint density at radius 3 is 2.62 bits per heavy atom. The summed E-state index contributed by atoms with van der Waals surface area (Å²) < 4.78 is 7.55. The van der Waals surface area contributed by atoms with Crippen molar-refractivity contribution in [1.29, 1.82) is 0 Å². The van der Waals surface area contributed by atoms with E-state index in [1.807, 2.05) is 48.5 Å². The van der Waals surface area contributed by atoms with Gasteiger partial charge in [-0.1, -0.05) is 28.4 Å². The molecule has 0 radical (unpaired) electrons. The summed E-state index contributed by atoms with van der Waals surface area (Å²) >= 11 is 12.0. The number of nitrogens with one attached hydrogen (secondary N) is 1. The van der Waals surface area contributed by atoms with Crippen LogP contribution in [0.25, 0.3) is 10.9 Å². The quantitative estimate of drug-likeness (QED) is 0.123. The van der Waals surface area contributed by atoms with E-state index >= 15 is 0 Å². The van der Waals surface area contributed by atoms with Gasteiger partial charge in [-0.3, -0.25) is 24.7 Å². The van der Waals surface area contributed by atoms with Crippen molar-refractivity contribution in [3.8, 4) is 5.75 Å². The molecule has 6 rings (SSSR count). The van der Waals surface area contributed by atoms with E-state index in [1.165, 1.54) is 11.0 Å². The summed E-state index contributed by atoms with van der Waals surface area (Å²) in [6, 6.07) is 19.8. The molecule has 5 aromatic rings. The van der Waals surface area contributed by atoms with Crippen LogP contribution in [0.2, 0.25) is 10.0 Å². The van der Waals surface area contributed by atoms with E-state index in [9.17, 15) is 9.59 Å². The first-order valence-electron chi connectivity index (χ1n) is 13.1. The summed E-state index contributed by atoms with van der Waals surface area (Å²) in [6.07, 6.45) is 5.82. The summed E-state index contributed by atoms with van der Waals surface area (Å²) in [4.78, 5) is 30.5. The number of benzene rings is 3. The Hall–Kier alpha value is -4.80. The highest BCUT2D eigenvalue weighted by molar-refractivity contribution is 6.52. The number of nitrogens with zero attached hydrogens (tertiary/aromatic N) is 6. The van der Waals surface area contributed by atoms with E-state index in [-0.39, 0.29) is 6.61 Å². The maximum Gasteiger partial charge on any atom is 0.299 e. The topological polar surface area (TPSA) is 115 Å². The second-order valence-electron chi connectivity index (χ2n) is 9.52. The first kappa shape index (κ1) is 27.4. The number of amides is 1. The van der Waals surface area contributed by atoms with Crippen molar-refractivity contribution >= 4 is 63.4 Å². The van der Waals surface area contributed by atoms with Crippen molar-refractivity contribution in [2.75, 3.05) is 16.9 Å². The molecule has 12 heteroatoms. The van der Waals surface area contributed by atoms with Crippen molar-refractivity contribution in [3.05, 3.63) is 106 Å². The van der Waals surface area contributed by atoms with Gasteiger partial charge in [-0.25, -0.2) is 0 Å². The highest BCUT2D eigenvalue weighted by Crippen LogP contribution is 2.31. The summed E-state index contributed by atoms with van der Waals surface area (Å²) in [5.41, 5.74) is 7.17. The van der Waals surface area contributed by atoms with Crippen molar-refractivity contribution in [1.82, 2.24) is 20.0 Å². The van der Waals surface area contributed by atoms with Gasteiger partial charge in [0.1, 0.15) is 18.1 Å². The lowest BCUT2D eigenvalue weighted by Gasteiger charge is -2.16. The fourth-order valence-electron chi connectivity index (χ4n) is 4.60. The number of carbonyl (C=O) groups excluding carboxylic acids is 2. The first-order valence-corrected chi connectivity index (χ1v) is 13.8. The van der Waals surface area contributed by atoms with E-state index < -0.39 is 11.7 Å². The molecule has 10 nitrogen and oxygen atoms in total. The molecular weight excluding hydrogens is 577 g/mol. The van der Waals surface area contributed by atoms with Gasteiger partial charge in [-0.2, -0.15) is 5.10 Å². The number of aromatic nitrogens is 4. The number of anilines is 2. The minimum atomic E-state index is -0.540. The zero-order valence-corrected chi connectivity index (χ0v) is 23.6. The van der Waals surface area contributed by atoms with Crippen LogP contribution < -0.4 is 15.1 Å². The zero-order valence-electron chi connectivity index (χ0n) is 22.1. The van der Waals surface area contributed by atoms with Crippen molar-refractivity contribution < 1.29 is 14.3 Å². The fourth-order valence-corrected chi connectivity index (χ4v) is 4.94. The Kier molecular flexibility index (Phi) is 7.81. The molecule has 0 saturated heterocycles. The number of ether oxygens (including phenoxy) is 1.